The van der Waals surface area contributed by atoms with E-state index in [1.165, 1.54) is 11.3 Å². The lowest BCUT2D eigenvalue weighted by atomic mass is 10.2. The average molecular weight is 426 g/mol. The van der Waals surface area contributed by atoms with Crippen molar-refractivity contribution in [3.63, 3.8) is 0 Å². The number of imidazole rings is 1. The minimum Gasteiger partial charge on any atom is -0.351 e. The van der Waals surface area contributed by atoms with Crippen molar-refractivity contribution in [2.45, 2.75) is 6.42 Å². The maximum atomic E-state index is 14.0. The monoisotopic (exact) mass is 426 g/mol. The molecule has 0 bridgehead atoms. The van der Waals surface area contributed by atoms with Gasteiger partial charge >= 0.3 is 0 Å². The van der Waals surface area contributed by atoms with Gasteiger partial charge in [0.15, 0.2) is 0 Å². The number of rotatable bonds is 6. The Balaban J connectivity index is 1.40. The molecule has 0 aliphatic rings. The lowest BCUT2D eigenvalue weighted by molar-refractivity contribution is -0.116. The number of carbonyl (C=O) groups is 2. The summed E-state index contributed by atoms with van der Waals surface area (Å²) in [5.74, 6) is -1.45. The van der Waals surface area contributed by atoms with Crippen LogP contribution >= 0.6 is 11.3 Å². The van der Waals surface area contributed by atoms with E-state index >= 15 is 0 Å². The molecule has 0 atom stereocenters. The van der Waals surface area contributed by atoms with Crippen LogP contribution in [-0.4, -0.2) is 28.3 Å². The highest BCUT2D eigenvalue weighted by Crippen LogP contribution is 2.25. The lowest BCUT2D eigenvalue weighted by Crippen LogP contribution is -2.27. The summed E-state index contributed by atoms with van der Waals surface area (Å²) in [7, 11) is 0. The van der Waals surface area contributed by atoms with Gasteiger partial charge in [-0.3, -0.25) is 9.59 Å². The Morgan fingerprint density at radius 3 is 2.77 bits per heavy atom. The molecule has 2 aromatic heterocycles. The standard InChI is InChI=1S/C21H16F2N4O2S/c22-13-1-3-16(23)15(9-13)20-26-17-4-2-14(10-18(17)27-20)25-19(28)5-7-24-21(29)12-6-8-30-11-12/h1-4,6,8-11H,5,7H2,(H,24,29)(H,25,28)(H,26,27). The molecule has 0 aliphatic carbocycles. The summed E-state index contributed by atoms with van der Waals surface area (Å²) in [5, 5.41) is 8.97. The normalized spacial score (nSPS) is 10.9. The molecular formula is C21H16F2N4O2S. The SMILES string of the molecule is O=C(CCNC(=O)c1ccsc1)Nc1ccc2nc(-c3cc(F)ccc3F)[nH]c2c1. The second kappa shape index (κ2) is 8.42. The number of H-pyrrole nitrogens is 1. The minimum absolute atomic E-state index is 0.0261. The number of hydrogen-bond donors (Lipinski definition) is 3. The zero-order valence-electron chi connectivity index (χ0n) is 15.5. The summed E-state index contributed by atoms with van der Waals surface area (Å²) in [4.78, 5) is 31.2. The van der Waals surface area contributed by atoms with Crippen molar-refractivity contribution in [3.8, 4) is 11.4 Å². The molecule has 0 spiro atoms. The van der Waals surface area contributed by atoms with Crippen LogP contribution in [0.3, 0.4) is 0 Å². The van der Waals surface area contributed by atoms with E-state index in [4.69, 9.17) is 0 Å². The minimum atomic E-state index is -0.589. The van der Waals surface area contributed by atoms with Crippen molar-refractivity contribution in [2.75, 3.05) is 11.9 Å². The van der Waals surface area contributed by atoms with Crippen LogP contribution in [0.1, 0.15) is 16.8 Å². The predicted molar refractivity (Wildman–Crippen MR) is 111 cm³/mol. The third-order valence-corrected chi connectivity index (χ3v) is 5.05. The average Bonchev–Trinajstić information content (AvgIpc) is 3.39. The fraction of sp³-hybridized carbons (Fsp3) is 0.0952. The Hall–Kier alpha value is -3.59. The molecule has 2 aromatic carbocycles. The topological polar surface area (TPSA) is 86.9 Å². The molecule has 4 rings (SSSR count). The van der Waals surface area contributed by atoms with Crippen LogP contribution in [0, 0.1) is 11.6 Å². The Morgan fingerprint density at radius 2 is 1.97 bits per heavy atom. The molecule has 6 nitrogen and oxygen atoms in total. The van der Waals surface area contributed by atoms with Gasteiger partial charge in [0.25, 0.3) is 5.91 Å². The van der Waals surface area contributed by atoms with E-state index in [1.54, 1.807) is 35.0 Å². The van der Waals surface area contributed by atoms with Gasteiger partial charge in [-0.05, 0) is 47.8 Å². The van der Waals surface area contributed by atoms with Crippen LogP contribution in [0.15, 0.2) is 53.2 Å². The molecule has 2 amide bonds. The van der Waals surface area contributed by atoms with Gasteiger partial charge in [0.2, 0.25) is 5.91 Å². The van der Waals surface area contributed by atoms with Crippen LogP contribution in [0.4, 0.5) is 14.5 Å². The van der Waals surface area contributed by atoms with Crippen LogP contribution < -0.4 is 10.6 Å². The highest BCUT2D eigenvalue weighted by molar-refractivity contribution is 7.08. The van der Waals surface area contributed by atoms with E-state index in [2.05, 4.69) is 20.6 Å². The Bertz CT molecular complexity index is 1220. The van der Waals surface area contributed by atoms with E-state index in [0.717, 1.165) is 18.2 Å². The van der Waals surface area contributed by atoms with Crippen molar-refractivity contribution in [1.29, 1.82) is 0 Å². The number of aromatic amines is 1. The van der Waals surface area contributed by atoms with Gasteiger partial charge in [-0.1, -0.05) is 0 Å². The number of anilines is 1. The van der Waals surface area contributed by atoms with E-state index in [0.29, 0.717) is 22.3 Å². The predicted octanol–water partition coefficient (Wildman–Crippen LogP) is 4.33. The maximum Gasteiger partial charge on any atom is 0.252 e. The first kappa shape index (κ1) is 19.7. The van der Waals surface area contributed by atoms with E-state index in [9.17, 15) is 18.4 Å². The third-order valence-electron chi connectivity index (χ3n) is 4.37. The molecular weight excluding hydrogens is 410 g/mol. The van der Waals surface area contributed by atoms with E-state index in [1.807, 2.05) is 0 Å². The van der Waals surface area contributed by atoms with Crippen molar-refractivity contribution in [2.24, 2.45) is 0 Å². The number of aromatic nitrogens is 2. The van der Waals surface area contributed by atoms with Gasteiger partial charge in [-0.15, -0.1) is 0 Å². The zero-order valence-corrected chi connectivity index (χ0v) is 16.4. The third kappa shape index (κ3) is 4.36. The molecule has 0 saturated heterocycles. The quantitative estimate of drug-likeness (QED) is 0.429. The van der Waals surface area contributed by atoms with Crippen molar-refractivity contribution >= 4 is 39.9 Å². The van der Waals surface area contributed by atoms with Crippen molar-refractivity contribution in [3.05, 3.63) is 70.4 Å². The van der Waals surface area contributed by atoms with Gasteiger partial charge in [0.1, 0.15) is 17.5 Å². The molecule has 152 valence electrons. The van der Waals surface area contributed by atoms with E-state index < -0.39 is 11.6 Å². The lowest BCUT2D eigenvalue weighted by Gasteiger charge is -2.06. The van der Waals surface area contributed by atoms with E-state index in [-0.39, 0.29) is 36.2 Å². The van der Waals surface area contributed by atoms with Crippen LogP contribution in [0.25, 0.3) is 22.4 Å². The Kier molecular flexibility index (Phi) is 5.53. The molecule has 0 radical (unpaired) electrons. The number of fused-ring (bicyclic) bond motifs is 1. The van der Waals surface area contributed by atoms with Crippen LogP contribution in [0.5, 0.6) is 0 Å². The number of nitrogens with zero attached hydrogens (tertiary/aromatic N) is 1. The van der Waals surface area contributed by atoms with Crippen molar-refractivity contribution in [1.82, 2.24) is 15.3 Å². The Morgan fingerprint density at radius 1 is 1.10 bits per heavy atom. The van der Waals surface area contributed by atoms with Crippen molar-refractivity contribution < 1.29 is 18.4 Å². The molecule has 9 heteroatoms. The molecule has 4 aromatic rings. The summed E-state index contributed by atoms with van der Waals surface area (Å²) in [6.45, 7) is 0.204. The highest BCUT2D eigenvalue weighted by atomic mass is 32.1. The number of nitrogens with one attached hydrogen (secondary N) is 3. The number of halogens is 2. The zero-order chi connectivity index (χ0) is 21.1. The van der Waals surface area contributed by atoms with Crippen LogP contribution in [0.2, 0.25) is 0 Å². The number of benzene rings is 2. The highest BCUT2D eigenvalue weighted by Gasteiger charge is 2.12. The number of hydrogen-bond acceptors (Lipinski definition) is 4. The molecule has 0 fully saturated rings. The summed E-state index contributed by atoms with van der Waals surface area (Å²) in [6.07, 6.45) is 0.108. The fourth-order valence-corrected chi connectivity index (χ4v) is 3.54. The second-order valence-electron chi connectivity index (χ2n) is 6.51. The van der Waals surface area contributed by atoms with Gasteiger partial charge in [0, 0.05) is 29.6 Å². The summed E-state index contributed by atoms with van der Waals surface area (Å²) >= 11 is 1.42. The first-order valence-electron chi connectivity index (χ1n) is 9.05. The van der Waals surface area contributed by atoms with Gasteiger partial charge in [0.05, 0.1) is 16.6 Å². The van der Waals surface area contributed by atoms with Gasteiger partial charge in [-0.2, -0.15) is 11.3 Å². The van der Waals surface area contributed by atoms with Crippen LogP contribution in [-0.2, 0) is 4.79 Å². The molecule has 2 heterocycles. The number of amides is 2. The second-order valence-corrected chi connectivity index (χ2v) is 7.29. The number of carbonyl (C=O) groups excluding carboxylic acids is 2. The molecule has 0 unspecified atom stereocenters. The summed E-state index contributed by atoms with van der Waals surface area (Å²) < 4.78 is 27.4. The number of thiophene rings is 1. The maximum absolute atomic E-state index is 14.0. The molecule has 30 heavy (non-hydrogen) atoms. The van der Waals surface area contributed by atoms with Gasteiger partial charge < -0.3 is 15.6 Å². The first-order chi connectivity index (χ1) is 14.5. The molecule has 3 N–H and O–H groups in total. The molecule has 0 aliphatic heterocycles. The largest absolute Gasteiger partial charge is 0.351 e. The summed E-state index contributed by atoms with van der Waals surface area (Å²) in [5.41, 5.74) is 2.23. The molecule has 0 saturated carbocycles. The Labute approximate surface area is 174 Å². The smallest absolute Gasteiger partial charge is 0.252 e. The summed E-state index contributed by atoms with van der Waals surface area (Å²) in [6, 6.07) is 9.85. The van der Waals surface area contributed by atoms with Gasteiger partial charge in [-0.25, -0.2) is 13.8 Å². The first-order valence-corrected chi connectivity index (χ1v) is 9.99. The fourth-order valence-electron chi connectivity index (χ4n) is 2.90.